The van der Waals surface area contributed by atoms with Crippen molar-refractivity contribution in [1.29, 1.82) is 0 Å². The van der Waals surface area contributed by atoms with E-state index in [9.17, 15) is 0 Å². The molecule has 0 saturated carbocycles. The number of rotatable bonds is 3. The van der Waals surface area contributed by atoms with E-state index in [0.717, 1.165) is 15.0 Å². The van der Waals surface area contributed by atoms with E-state index < -0.39 is 0 Å². The molecule has 4 heteroatoms. The van der Waals surface area contributed by atoms with Gasteiger partial charge in [-0.15, -0.1) is 11.3 Å². The van der Waals surface area contributed by atoms with Crippen LogP contribution in [0.5, 0.6) is 0 Å². The van der Waals surface area contributed by atoms with E-state index in [-0.39, 0.29) is 6.04 Å². The molecule has 0 amide bonds. The summed E-state index contributed by atoms with van der Waals surface area (Å²) in [5.41, 5.74) is 3.44. The highest BCUT2D eigenvalue weighted by Gasteiger charge is 2.09. The third-order valence-corrected chi connectivity index (χ3v) is 4.00. The molecule has 1 heterocycles. The first-order valence-electron chi connectivity index (χ1n) is 5.33. The van der Waals surface area contributed by atoms with Crippen molar-refractivity contribution in [3.63, 3.8) is 0 Å². The van der Waals surface area contributed by atoms with Gasteiger partial charge in [0.15, 0.2) is 0 Å². The summed E-state index contributed by atoms with van der Waals surface area (Å²) in [5, 5.41) is 6.26. The van der Waals surface area contributed by atoms with E-state index in [1.807, 2.05) is 24.3 Å². The molecule has 1 aromatic heterocycles. The first-order chi connectivity index (χ1) is 8.06. The fourth-order valence-electron chi connectivity index (χ4n) is 1.62. The lowest BCUT2D eigenvalue weighted by Gasteiger charge is -2.16. The monoisotopic (exact) mass is 285 g/mol. The average Bonchev–Trinajstić information content (AvgIpc) is 2.70. The Kier molecular flexibility index (Phi) is 3.97. The Balaban J connectivity index is 2.18. The van der Waals surface area contributed by atoms with Crippen LogP contribution < -0.4 is 5.32 Å². The highest BCUT2D eigenvalue weighted by Crippen LogP contribution is 2.29. The molecule has 0 fully saturated rings. The summed E-state index contributed by atoms with van der Waals surface area (Å²) < 4.78 is 0.816. The van der Waals surface area contributed by atoms with Gasteiger partial charge in [-0.25, -0.2) is 0 Å². The molecule has 0 aliphatic heterocycles. The van der Waals surface area contributed by atoms with Crippen molar-refractivity contribution < 1.29 is 0 Å². The van der Waals surface area contributed by atoms with Crippen molar-refractivity contribution in [2.24, 2.45) is 0 Å². The zero-order valence-corrected chi connectivity index (χ0v) is 12.0. The molecule has 0 spiro atoms. The lowest BCUT2D eigenvalue weighted by Crippen LogP contribution is -2.06. The maximum Gasteiger partial charge on any atom is 0.0931 e. The van der Waals surface area contributed by atoms with Crippen LogP contribution >= 0.6 is 34.5 Å². The fraction of sp³-hybridized carbons (Fsp3) is 0.231. The van der Waals surface area contributed by atoms with Gasteiger partial charge < -0.3 is 5.32 Å². The molecule has 1 atom stereocenters. The largest absolute Gasteiger partial charge is 0.378 e. The van der Waals surface area contributed by atoms with Crippen molar-refractivity contribution in [2.75, 3.05) is 5.32 Å². The number of aryl methyl sites for hydroxylation is 1. The number of thiophene rings is 1. The summed E-state index contributed by atoms with van der Waals surface area (Å²) in [6.45, 7) is 4.17. The predicted octanol–water partition coefficient (Wildman–Crippen LogP) is 5.54. The molecule has 0 bridgehead atoms. The van der Waals surface area contributed by atoms with Crippen LogP contribution in [0.3, 0.4) is 0 Å². The van der Waals surface area contributed by atoms with E-state index in [1.54, 1.807) is 11.3 Å². The summed E-state index contributed by atoms with van der Waals surface area (Å²) in [7, 11) is 0. The van der Waals surface area contributed by atoms with Gasteiger partial charge in [0.2, 0.25) is 0 Å². The number of hydrogen-bond donors (Lipinski definition) is 1. The SMILES string of the molecule is Cc1ccc(Cl)cc1NC(C)c1csc(Cl)c1. The molecule has 0 aliphatic carbocycles. The quantitative estimate of drug-likeness (QED) is 0.781. The summed E-state index contributed by atoms with van der Waals surface area (Å²) in [5.74, 6) is 0. The summed E-state index contributed by atoms with van der Waals surface area (Å²) in [6, 6.07) is 8.06. The second kappa shape index (κ2) is 5.30. The van der Waals surface area contributed by atoms with Crippen LogP contribution in [0.15, 0.2) is 29.6 Å². The van der Waals surface area contributed by atoms with Crippen LogP contribution in [0.1, 0.15) is 24.1 Å². The van der Waals surface area contributed by atoms with Crippen LogP contribution in [0.2, 0.25) is 9.36 Å². The Bertz CT molecular complexity index is 522. The predicted molar refractivity (Wildman–Crippen MR) is 77.6 cm³/mol. The molecule has 1 unspecified atom stereocenters. The molecule has 0 radical (unpaired) electrons. The Morgan fingerprint density at radius 2 is 2.00 bits per heavy atom. The fourth-order valence-corrected chi connectivity index (χ4v) is 2.77. The van der Waals surface area contributed by atoms with Gasteiger partial charge in [0.1, 0.15) is 0 Å². The number of hydrogen-bond acceptors (Lipinski definition) is 2. The van der Waals surface area contributed by atoms with Crippen LogP contribution in [0, 0.1) is 6.92 Å². The number of halogens is 2. The molecule has 17 heavy (non-hydrogen) atoms. The van der Waals surface area contributed by atoms with Gasteiger partial charge in [0.05, 0.1) is 4.34 Å². The zero-order chi connectivity index (χ0) is 12.4. The van der Waals surface area contributed by atoms with Crippen molar-refractivity contribution >= 4 is 40.2 Å². The highest BCUT2D eigenvalue weighted by atomic mass is 35.5. The van der Waals surface area contributed by atoms with Gasteiger partial charge in [0, 0.05) is 16.8 Å². The smallest absolute Gasteiger partial charge is 0.0931 e. The molecule has 1 nitrogen and oxygen atoms in total. The van der Waals surface area contributed by atoms with Crippen molar-refractivity contribution in [3.8, 4) is 0 Å². The first kappa shape index (κ1) is 12.7. The molecule has 2 rings (SSSR count). The minimum Gasteiger partial charge on any atom is -0.378 e. The second-order valence-corrected chi connectivity index (χ2v) is 5.99. The van der Waals surface area contributed by atoms with Crippen molar-refractivity contribution in [3.05, 3.63) is 50.1 Å². The van der Waals surface area contributed by atoms with Gasteiger partial charge in [-0.2, -0.15) is 0 Å². The van der Waals surface area contributed by atoms with Crippen molar-refractivity contribution in [1.82, 2.24) is 0 Å². The molecule has 1 N–H and O–H groups in total. The minimum atomic E-state index is 0.218. The van der Waals surface area contributed by atoms with Gasteiger partial charge in [0.25, 0.3) is 0 Å². The molecule has 1 aromatic carbocycles. The lowest BCUT2D eigenvalue weighted by molar-refractivity contribution is 0.888. The van der Waals surface area contributed by atoms with Crippen molar-refractivity contribution in [2.45, 2.75) is 19.9 Å². The first-order valence-corrected chi connectivity index (χ1v) is 6.96. The van der Waals surface area contributed by atoms with Gasteiger partial charge in [-0.05, 0) is 48.6 Å². The molecular weight excluding hydrogens is 273 g/mol. The third-order valence-electron chi connectivity index (χ3n) is 2.66. The molecule has 0 aliphatic rings. The maximum atomic E-state index is 5.99. The molecule has 90 valence electrons. The van der Waals surface area contributed by atoms with Gasteiger partial charge in [-0.3, -0.25) is 0 Å². The normalized spacial score (nSPS) is 12.5. The summed E-state index contributed by atoms with van der Waals surface area (Å²) in [4.78, 5) is 0. The molecular formula is C13H13Cl2NS. The van der Waals surface area contributed by atoms with E-state index in [0.29, 0.717) is 0 Å². The van der Waals surface area contributed by atoms with E-state index in [2.05, 4.69) is 24.5 Å². The van der Waals surface area contributed by atoms with E-state index >= 15 is 0 Å². The Morgan fingerprint density at radius 1 is 1.24 bits per heavy atom. The van der Waals surface area contributed by atoms with Crippen LogP contribution in [0.25, 0.3) is 0 Å². The standard InChI is InChI=1S/C13H13Cl2NS/c1-8-3-4-11(14)6-12(8)16-9(2)10-5-13(15)17-7-10/h3-7,9,16H,1-2H3. The topological polar surface area (TPSA) is 12.0 Å². The Labute approximate surface area is 115 Å². The van der Waals surface area contributed by atoms with E-state index in [1.165, 1.54) is 11.1 Å². The van der Waals surface area contributed by atoms with Crippen LogP contribution in [0.4, 0.5) is 5.69 Å². The number of benzene rings is 1. The van der Waals surface area contributed by atoms with Crippen LogP contribution in [-0.2, 0) is 0 Å². The Morgan fingerprint density at radius 3 is 2.65 bits per heavy atom. The lowest BCUT2D eigenvalue weighted by atomic mass is 10.1. The minimum absolute atomic E-state index is 0.218. The third kappa shape index (κ3) is 3.15. The summed E-state index contributed by atoms with van der Waals surface area (Å²) in [6.07, 6.45) is 0. The zero-order valence-electron chi connectivity index (χ0n) is 9.63. The van der Waals surface area contributed by atoms with Gasteiger partial charge in [-0.1, -0.05) is 29.3 Å². The average molecular weight is 286 g/mol. The van der Waals surface area contributed by atoms with Gasteiger partial charge >= 0.3 is 0 Å². The number of anilines is 1. The molecule has 2 aromatic rings. The molecule has 0 saturated heterocycles. The summed E-state index contributed by atoms with van der Waals surface area (Å²) >= 11 is 13.5. The Hall–Kier alpha value is -0.700. The highest BCUT2D eigenvalue weighted by molar-refractivity contribution is 7.14. The number of nitrogens with one attached hydrogen (secondary N) is 1. The second-order valence-electron chi connectivity index (χ2n) is 4.01. The van der Waals surface area contributed by atoms with E-state index in [4.69, 9.17) is 23.2 Å². The maximum absolute atomic E-state index is 5.99. The van der Waals surface area contributed by atoms with Crippen LogP contribution in [-0.4, -0.2) is 0 Å².